The van der Waals surface area contributed by atoms with E-state index in [9.17, 15) is 4.79 Å². The van der Waals surface area contributed by atoms with Gasteiger partial charge in [0.25, 0.3) is 5.91 Å². The van der Waals surface area contributed by atoms with E-state index < -0.39 is 5.91 Å². The van der Waals surface area contributed by atoms with Gasteiger partial charge in [0.1, 0.15) is 6.21 Å². The van der Waals surface area contributed by atoms with Crippen LogP contribution in [-0.2, 0) is 4.79 Å². The van der Waals surface area contributed by atoms with Gasteiger partial charge < -0.3 is 10.5 Å². The lowest BCUT2D eigenvalue weighted by molar-refractivity contribution is -0.110. The Morgan fingerprint density at radius 1 is 1.54 bits per heavy atom. The van der Waals surface area contributed by atoms with E-state index in [-0.39, 0.29) is 0 Å². The van der Waals surface area contributed by atoms with E-state index in [1.54, 1.807) is 6.07 Å². The summed E-state index contributed by atoms with van der Waals surface area (Å²) < 4.78 is 0. The fourth-order valence-electron chi connectivity index (χ4n) is 0.931. The van der Waals surface area contributed by atoms with E-state index >= 15 is 0 Å². The van der Waals surface area contributed by atoms with Gasteiger partial charge in [-0.1, -0.05) is 23.4 Å². The van der Waals surface area contributed by atoms with E-state index in [0.29, 0.717) is 5.69 Å². The molecule has 0 aliphatic carbocycles. The Morgan fingerprint density at radius 2 is 2.23 bits per heavy atom. The fourth-order valence-corrected chi connectivity index (χ4v) is 0.931. The molecule has 68 valence electrons. The van der Waals surface area contributed by atoms with Gasteiger partial charge in [0.15, 0.2) is 0 Å². The minimum absolute atomic E-state index is 0.447. The van der Waals surface area contributed by atoms with Gasteiger partial charge in [-0.05, 0) is 18.6 Å². The smallest absolute Gasteiger partial charge is 0.270 e. The molecular formula is C9H10N2O2. The molecule has 0 saturated carbocycles. The largest absolute Gasteiger partial charge is 0.411 e. The number of oxime groups is 1. The highest BCUT2D eigenvalue weighted by molar-refractivity contribution is 6.31. The average molecular weight is 178 g/mol. The Kier molecular flexibility index (Phi) is 3.03. The third-order valence-electron chi connectivity index (χ3n) is 1.58. The first-order chi connectivity index (χ1) is 6.24. The van der Waals surface area contributed by atoms with Crippen molar-refractivity contribution in [2.24, 2.45) is 5.16 Å². The molecule has 4 nitrogen and oxygen atoms in total. The molecule has 0 aliphatic heterocycles. The van der Waals surface area contributed by atoms with Crippen molar-refractivity contribution in [2.75, 3.05) is 5.32 Å². The number of benzene rings is 1. The van der Waals surface area contributed by atoms with Crippen LogP contribution in [0.25, 0.3) is 0 Å². The molecule has 1 amide bonds. The van der Waals surface area contributed by atoms with Crippen molar-refractivity contribution in [3.63, 3.8) is 0 Å². The molecule has 2 N–H and O–H groups in total. The molecule has 0 saturated heterocycles. The molecular weight excluding hydrogens is 168 g/mol. The van der Waals surface area contributed by atoms with Crippen molar-refractivity contribution in [2.45, 2.75) is 6.92 Å². The molecule has 1 rings (SSSR count). The van der Waals surface area contributed by atoms with Crippen LogP contribution in [0.1, 0.15) is 5.56 Å². The topological polar surface area (TPSA) is 61.7 Å². The number of carbonyl (C=O) groups excluding carboxylic acids is 1. The van der Waals surface area contributed by atoms with Crippen molar-refractivity contribution in [3.05, 3.63) is 29.8 Å². The maximum Gasteiger partial charge on any atom is 0.270 e. The van der Waals surface area contributed by atoms with Crippen molar-refractivity contribution >= 4 is 17.8 Å². The summed E-state index contributed by atoms with van der Waals surface area (Å²) in [6.07, 6.45) is 0.812. The third-order valence-corrected chi connectivity index (χ3v) is 1.58. The van der Waals surface area contributed by atoms with Crippen molar-refractivity contribution < 1.29 is 10.0 Å². The van der Waals surface area contributed by atoms with Crippen LogP contribution >= 0.6 is 0 Å². The number of hydrogen-bond acceptors (Lipinski definition) is 3. The van der Waals surface area contributed by atoms with Gasteiger partial charge in [0.2, 0.25) is 0 Å². The zero-order valence-corrected chi connectivity index (χ0v) is 7.19. The van der Waals surface area contributed by atoms with Crippen LogP contribution < -0.4 is 5.32 Å². The van der Waals surface area contributed by atoms with Crippen LogP contribution in [0, 0.1) is 6.92 Å². The van der Waals surface area contributed by atoms with Gasteiger partial charge in [-0.3, -0.25) is 4.79 Å². The fraction of sp³-hybridized carbons (Fsp3) is 0.111. The van der Waals surface area contributed by atoms with Gasteiger partial charge in [-0.25, -0.2) is 0 Å². The lowest BCUT2D eigenvalue weighted by Gasteiger charge is -2.04. The molecule has 0 heterocycles. The van der Waals surface area contributed by atoms with Gasteiger partial charge in [0, 0.05) is 5.69 Å². The predicted octanol–water partition coefficient (Wildman–Crippen LogP) is 1.39. The molecule has 0 aliphatic rings. The summed E-state index contributed by atoms with van der Waals surface area (Å²) in [4.78, 5) is 10.9. The number of para-hydroxylation sites is 1. The number of aryl methyl sites for hydroxylation is 1. The second-order valence-electron chi connectivity index (χ2n) is 2.55. The van der Waals surface area contributed by atoms with Crippen LogP contribution in [0.5, 0.6) is 0 Å². The van der Waals surface area contributed by atoms with Gasteiger partial charge >= 0.3 is 0 Å². The Hall–Kier alpha value is -1.84. The predicted molar refractivity (Wildman–Crippen MR) is 50.1 cm³/mol. The Labute approximate surface area is 75.9 Å². The van der Waals surface area contributed by atoms with Gasteiger partial charge in [0.05, 0.1) is 0 Å². The van der Waals surface area contributed by atoms with Gasteiger partial charge in [-0.15, -0.1) is 0 Å². The number of anilines is 1. The van der Waals surface area contributed by atoms with Gasteiger partial charge in [-0.2, -0.15) is 0 Å². The van der Waals surface area contributed by atoms with Crippen LogP contribution in [0.4, 0.5) is 5.69 Å². The zero-order chi connectivity index (χ0) is 9.68. The highest BCUT2D eigenvalue weighted by Gasteiger charge is 1.99. The maximum absolute atomic E-state index is 10.9. The van der Waals surface area contributed by atoms with E-state index in [1.807, 2.05) is 25.1 Å². The maximum atomic E-state index is 10.9. The second-order valence-corrected chi connectivity index (χ2v) is 2.55. The quantitative estimate of drug-likeness (QED) is 0.408. The van der Waals surface area contributed by atoms with Crippen molar-refractivity contribution in [1.29, 1.82) is 0 Å². The van der Waals surface area contributed by atoms with E-state index in [2.05, 4.69) is 10.5 Å². The molecule has 1 aromatic carbocycles. The average Bonchev–Trinajstić information content (AvgIpc) is 2.09. The number of nitrogens with one attached hydrogen (secondary N) is 1. The summed E-state index contributed by atoms with van der Waals surface area (Å²) >= 11 is 0. The normalized spacial score (nSPS) is 10.2. The molecule has 0 unspecified atom stereocenters. The zero-order valence-electron chi connectivity index (χ0n) is 7.19. The first-order valence-corrected chi connectivity index (χ1v) is 3.78. The lowest BCUT2D eigenvalue weighted by Crippen LogP contribution is -2.13. The Morgan fingerprint density at radius 3 is 2.85 bits per heavy atom. The minimum Gasteiger partial charge on any atom is -0.411 e. The second kappa shape index (κ2) is 4.25. The van der Waals surface area contributed by atoms with E-state index in [1.165, 1.54) is 0 Å². The van der Waals surface area contributed by atoms with Crippen LogP contribution in [-0.4, -0.2) is 17.3 Å². The number of amides is 1. The number of hydrogen-bond donors (Lipinski definition) is 2. The Balaban J connectivity index is 2.74. The molecule has 0 radical (unpaired) electrons. The standard InChI is InChI=1S/C9H10N2O2/c1-7-4-2-3-5-8(7)11-9(12)6-10-13/h2-6,13H,1H3,(H,11,12)/b10-6+. The first kappa shape index (κ1) is 9.25. The highest BCUT2D eigenvalue weighted by atomic mass is 16.4. The molecule has 0 bridgehead atoms. The van der Waals surface area contributed by atoms with Crippen molar-refractivity contribution in [3.8, 4) is 0 Å². The summed E-state index contributed by atoms with van der Waals surface area (Å²) in [6, 6.07) is 7.36. The lowest BCUT2D eigenvalue weighted by atomic mass is 10.2. The molecule has 0 spiro atoms. The number of carbonyl (C=O) groups is 1. The number of rotatable bonds is 2. The monoisotopic (exact) mass is 178 g/mol. The minimum atomic E-state index is -0.447. The third kappa shape index (κ3) is 2.59. The summed E-state index contributed by atoms with van der Waals surface area (Å²) in [6.45, 7) is 1.88. The molecule has 0 atom stereocenters. The van der Waals surface area contributed by atoms with Crippen LogP contribution in [0.15, 0.2) is 29.4 Å². The summed E-state index contributed by atoms with van der Waals surface area (Å²) in [5.74, 6) is -0.447. The highest BCUT2D eigenvalue weighted by Crippen LogP contribution is 2.12. The summed E-state index contributed by atoms with van der Waals surface area (Å²) in [7, 11) is 0. The molecule has 13 heavy (non-hydrogen) atoms. The Bertz CT molecular complexity index is 334. The van der Waals surface area contributed by atoms with Crippen LogP contribution in [0.3, 0.4) is 0 Å². The summed E-state index contributed by atoms with van der Waals surface area (Å²) in [5, 5.41) is 13.3. The SMILES string of the molecule is Cc1ccccc1NC(=O)/C=N/O. The number of nitrogens with zero attached hydrogens (tertiary/aromatic N) is 1. The molecule has 0 fully saturated rings. The van der Waals surface area contributed by atoms with Crippen molar-refractivity contribution in [1.82, 2.24) is 0 Å². The summed E-state index contributed by atoms with van der Waals surface area (Å²) in [5.41, 5.74) is 1.68. The molecule has 1 aromatic rings. The van der Waals surface area contributed by atoms with E-state index in [4.69, 9.17) is 5.21 Å². The first-order valence-electron chi connectivity index (χ1n) is 3.78. The van der Waals surface area contributed by atoms with Crippen LogP contribution in [0.2, 0.25) is 0 Å². The molecule has 4 heteroatoms. The van der Waals surface area contributed by atoms with E-state index in [0.717, 1.165) is 11.8 Å². The molecule has 0 aromatic heterocycles.